The van der Waals surface area contributed by atoms with Gasteiger partial charge in [-0.1, -0.05) is 35.0 Å². The van der Waals surface area contributed by atoms with Crippen LogP contribution in [0.2, 0.25) is 0 Å². The summed E-state index contributed by atoms with van der Waals surface area (Å²) in [5, 5.41) is 4.04. The fraction of sp³-hybridized carbons (Fsp3) is 0.375. The molecular formula is C24H29FN4O. The summed E-state index contributed by atoms with van der Waals surface area (Å²) in [7, 11) is 2.08. The van der Waals surface area contributed by atoms with Gasteiger partial charge in [0, 0.05) is 56.6 Å². The first kappa shape index (κ1) is 20.6. The second-order valence-electron chi connectivity index (χ2n) is 8.06. The van der Waals surface area contributed by atoms with E-state index in [9.17, 15) is 4.39 Å². The van der Waals surface area contributed by atoms with E-state index in [1.807, 2.05) is 6.07 Å². The van der Waals surface area contributed by atoms with Crippen molar-refractivity contribution in [2.24, 2.45) is 0 Å². The van der Waals surface area contributed by atoms with Crippen molar-refractivity contribution in [3.63, 3.8) is 0 Å². The van der Waals surface area contributed by atoms with E-state index in [1.165, 1.54) is 17.3 Å². The van der Waals surface area contributed by atoms with E-state index in [1.54, 1.807) is 18.2 Å². The van der Waals surface area contributed by atoms with Crippen LogP contribution >= 0.6 is 0 Å². The van der Waals surface area contributed by atoms with E-state index in [0.29, 0.717) is 17.8 Å². The Morgan fingerprint density at radius 3 is 2.50 bits per heavy atom. The molecule has 2 heterocycles. The number of hydrogen-bond donors (Lipinski definition) is 0. The Hall–Kier alpha value is -2.70. The van der Waals surface area contributed by atoms with Crippen molar-refractivity contribution in [3.8, 4) is 11.3 Å². The average Bonchev–Trinajstić information content (AvgIpc) is 3.22. The van der Waals surface area contributed by atoms with Gasteiger partial charge in [0.2, 0.25) is 0 Å². The van der Waals surface area contributed by atoms with Crippen molar-refractivity contribution in [3.05, 3.63) is 71.7 Å². The topological polar surface area (TPSA) is 35.8 Å². The van der Waals surface area contributed by atoms with E-state index < -0.39 is 0 Å². The highest BCUT2D eigenvalue weighted by Crippen LogP contribution is 2.22. The second kappa shape index (κ2) is 9.41. The van der Waals surface area contributed by atoms with Crippen molar-refractivity contribution in [2.75, 3.05) is 51.2 Å². The maximum atomic E-state index is 13.9. The SMILES string of the molecule is Cc1ccc(N2CCN(CCN(C)Cc3cc(-c4ccccc4F)no3)CC2)cc1. The number of piperazine rings is 1. The molecule has 30 heavy (non-hydrogen) atoms. The third kappa shape index (κ3) is 5.07. The number of aromatic nitrogens is 1. The normalized spacial score (nSPS) is 15.1. The Labute approximate surface area is 177 Å². The van der Waals surface area contributed by atoms with Gasteiger partial charge in [-0.15, -0.1) is 0 Å². The highest BCUT2D eigenvalue weighted by Gasteiger charge is 2.18. The van der Waals surface area contributed by atoms with Crippen LogP contribution < -0.4 is 4.90 Å². The zero-order valence-corrected chi connectivity index (χ0v) is 17.7. The molecule has 4 rings (SSSR count). The molecular weight excluding hydrogens is 379 g/mol. The first-order valence-corrected chi connectivity index (χ1v) is 10.5. The molecule has 6 heteroatoms. The average molecular weight is 409 g/mol. The monoisotopic (exact) mass is 408 g/mol. The molecule has 0 aliphatic carbocycles. The summed E-state index contributed by atoms with van der Waals surface area (Å²) in [5.74, 6) is 0.468. The predicted molar refractivity (Wildman–Crippen MR) is 118 cm³/mol. The van der Waals surface area contributed by atoms with Crippen LogP contribution in [-0.4, -0.2) is 61.3 Å². The summed E-state index contributed by atoms with van der Waals surface area (Å²) in [4.78, 5) is 7.18. The van der Waals surface area contributed by atoms with Crippen LogP contribution in [0, 0.1) is 12.7 Å². The Morgan fingerprint density at radius 1 is 1.03 bits per heavy atom. The summed E-state index contributed by atoms with van der Waals surface area (Å²) in [6, 6.07) is 17.2. The molecule has 1 aromatic heterocycles. The molecule has 0 spiro atoms. The van der Waals surface area contributed by atoms with Crippen LogP contribution in [0.5, 0.6) is 0 Å². The van der Waals surface area contributed by atoms with Gasteiger partial charge in [-0.2, -0.15) is 0 Å². The third-order valence-corrected chi connectivity index (χ3v) is 5.70. The molecule has 5 nitrogen and oxygen atoms in total. The summed E-state index contributed by atoms with van der Waals surface area (Å²) < 4.78 is 19.4. The zero-order valence-electron chi connectivity index (χ0n) is 17.7. The lowest BCUT2D eigenvalue weighted by molar-refractivity contribution is 0.202. The van der Waals surface area contributed by atoms with E-state index in [2.05, 4.69) is 58.1 Å². The van der Waals surface area contributed by atoms with Gasteiger partial charge in [0.1, 0.15) is 11.5 Å². The molecule has 0 radical (unpaired) electrons. The van der Waals surface area contributed by atoms with Crippen molar-refractivity contribution >= 4 is 5.69 Å². The van der Waals surface area contributed by atoms with Crippen molar-refractivity contribution < 1.29 is 8.91 Å². The summed E-state index contributed by atoms with van der Waals surface area (Å²) in [6.07, 6.45) is 0. The number of hydrogen-bond acceptors (Lipinski definition) is 5. The van der Waals surface area contributed by atoms with Crippen LogP contribution in [0.1, 0.15) is 11.3 Å². The Bertz CT molecular complexity index is 948. The summed E-state index contributed by atoms with van der Waals surface area (Å²) in [5.41, 5.74) is 3.63. The third-order valence-electron chi connectivity index (χ3n) is 5.70. The minimum atomic E-state index is -0.282. The Morgan fingerprint density at radius 2 is 1.77 bits per heavy atom. The zero-order chi connectivity index (χ0) is 20.9. The number of halogens is 1. The summed E-state index contributed by atoms with van der Waals surface area (Å²) in [6.45, 7) is 9.00. The van der Waals surface area contributed by atoms with Gasteiger partial charge in [-0.05, 0) is 38.2 Å². The predicted octanol–water partition coefficient (Wildman–Crippen LogP) is 4.04. The highest BCUT2D eigenvalue weighted by atomic mass is 19.1. The van der Waals surface area contributed by atoms with Crippen LogP contribution in [0.25, 0.3) is 11.3 Å². The molecule has 0 saturated carbocycles. The lowest BCUT2D eigenvalue weighted by atomic mass is 10.1. The fourth-order valence-electron chi connectivity index (χ4n) is 3.83. The van der Waals surface area contributed by atoms with Crippen LogP contribution in [-0.2, 0) is 6.54 Å². The van der Waals surface area contributed by atoms with Gasteiger partial charge in [0.05, 0.1) is 6.54 Å². The quantitative estimate of drug-likeness (QED) is 0.590. The molecule has 0 atom stereocenters. The lowest BCUT2D eigenvalue weighted by Crippen LogP contribution is -2.48. The molecule has 1 fully saturated rings. The number of nitrogens with zero attached hydrogens (tertiary/aromatic N) is 4. The number of benzene rings is 2. The molecule has 3 aromatic rings. The van der Waals surface area contributed by atoms with E-state index in [4.69, 9.17) is 4.52 Å². The number of rotatable bonds is 7. The maximum absolute atomic E-state index is 13.9. The van der Waals surface area contributed by atoms with Crippen LogP contribution in [0.3, 0.4) is 0 Å². The molecule has 2 aromatic carbocycles. The molecule has 1 aliphatic rings. The maximum Gasteiger partial charge on any atom is 0.151 e. The Kier molecular flexibility index (Phi) is 6.45. The van der Waals surface area contributed by atoms with E-state index in [-0.39, 0.29) is 5.82 Å². The number of aryl methyl sites for hydroxylation is 1. The Balaban J connectivity index is 1.23. The van der Waals surface area contributed by atoms with Gasteiger partial charge in [-0.25, -0.2) is 4.39 Å². The lowest BCUT2D eigenvalue weighted by Gasteiger charge is -2.36. The standard InChI is InChI=1S/C24H29FN4O/c1-19-7-9-20(10-8-19)29-15-13-28(14-16-29)12-11-27(2)18-21-17-24(26-30-21)22-5-3-4-6-23(22)25/h3-10,17H,11-16,18H2,1-2H3. The molecule has 0 amide bonds. The van der Waals surface area contributed by atoms with Crippen molar-refractivity contribution in [1.29, 1.82) is 0 Å². The molecule has 158 valence electrons. The van der Waals surface area contributed by atoms with Gasteiger partial charge in [0.15, 0.2) is 5.76 Å². The summed E-state index contributed by atoms with van der Waals surface area (Å²) >= 11 is 0. The number of likely N-dealkylation sites (N-methyl/N-ethyl adjacent to an activating group) is 1. The fourth-order valence-corrected chi connectivity index (χ4v) is 3.83. The first-order valence-electron chi connectivity index (χ1n) is 10.5. The van der Waals surface area contributed by atoms with Crippen LogP contribution in [0.15, 0.2) is 59.1 Å². The molecule has 1 aliphatic heterocycles. The number of anilines is 1. The minimum absolute atomic E-state index is 0.282. The first-order chi connectivity index (χ1) is 14.6. The largest absolute Gasteiger partial charge is 0.369 e. The minimum Gasteiger partial charge on any atom is -0.369 e. The van der Waals surface area contributed by atoms with Gasteiger partial charge in [0.25, 0.3) is 0 Å². The van der Waals surface area contributed by atoms with Crippen molar-refractivity contribution in [2.45, 2.75) is 13.5 Å². The smallest absolute Gasteiger partial charge is 0.151 e. The van der Waals surface area contributed by atoms with Gasteiger partial charge < -0.3 is 9.42 Å². The van der Waals surface area contributed by atoms with E-state index >= 15 is 0 Å². The second-order valence-corrected chi connectivity index (χ2v) is 8.06. The molecule has 0 unspecified atom stereocenters. The van der Waals surface area contributed by atoms with Gasteiger partial charge in [-0.3, -0.25) is 9.80 Å². The molecule has 1 saturated heterocycles. The highest BCUT2D eigenvalue weighted by molar-refractivity contribution is 5.59. The van der Waals surface area contributed by atoms with E-state index in [0.717, 1.165) is 45.0 Å². The molecule has 0 bridgehead atoms. The van der Waals surface area contributed by atoms with Crippen LogP contribution in [0.4, 0.5) is 10.1 Å². The van der Waals surface area contributed by atoms with Crippen molar-refractivity contribution in [1.82, 2.24) is 15.0 Å². The van der Waals surface area contributed by atoms with Gasteiger partial charge >= 0.3 is 0 Å². The molecule has 0 N–H and O–H groups in total.